The normalized spacial score (nSPS) is 10.8. The summed E-state index contributed by atoms with van der Waals surface area (Å²) in [7, 11) is 1.55. The molecule has 4 aromatic rings. The van der Waals surface area contributed by atoms with Crippen LogP contribution in [0.1, 0.15) is 18.9 Å². The highest BCUT2D eigenvalue weighted by Gasteiger charge is 2.17. The van der Waals surface area contributed by atoms with Crippen molar-refractivity contribution < 1.29 is 14.3 Å². The van der Waals surface area contributed by atoms with Gasteiger partial charge in [0.05, 0.1) is 30.1 Å². The van der Waals surface area contributed by atoms with E-state index in [1.54, 1.807) is 79.9 Å². The summed E-state index contributed by atoms with van der Waals surface area (Å²) in [5.41, 5.74) is 0.897. The molecule has 1 heterocycles. The van der Waals surface area contributed by atoms with Gasteiger partial charge in [-0.15, -0.1) is 0 Å². The lowest BCUT2D eigenvalue weighted by molar-refractivity contribution is -0.120. The van der Waals surface area contributed by atoms with Gasteiger partial charge < -0.3 is 15.4 Å². The molecule has 0 saturated carbocycles. The van der Waals surface area contributed by atoms with Gasteiger partial charge in [0.25, 0.3) is 5.56 Å². The Morgan fingerprint density at radius 3 is 2.27 bits per heavy atom. The lowest BCUT2D eigenvalue weighted by Gasteiger charge is -2.14. The number of hydrogen-bond acceptors (Lipinski definition) is 5. The fourth-order valence-electron chi connectivity index (χ4n) is 4.00. The average molecular weight is 501 g/mol. The van der Waals surface area contributed by atoms with E-state index < -0.39 is 17.2 Å². The highest BCUT2D eigenvalue weighted by molar-refractivity contribution is 5.91. The van der Waals surface area contributed by atoms with E-state index in [0.717, 1.165) is 16.6 Å². The summed E-state index contributed by atoms with van der Waals surface area (Å²) in [5, 5.41) is 5.90. The molecule has 0 unspecified atom stereocenters. The van der Waals surface area contributed by atoms with E-state index in [1.165, 1.54) is 4.57 Å². The number of amides is 2. The van der Waals surface area contributed by atoms with Crippen molar-refractivity contribution in [3.63, 3.8) is 0 Å². The van der Waals surface area contributed by atoms with Crippen LogP contribution in [-0.4, -0.2) is 34.6 Å². The highest BCUT2D eigenvalue weighted by Crippen LogP contribution is 2.16. The van der Waals surface area contributed by atoms with E-state index in [1.807, 2.05) is 6.92 Å². The third-order valence-corrected chi connectivity index (χ3v) is 5.86. The standard InChI is InChI=1S/C28H28N4O5/c1-3-16-29-25(33)17-19-8-12-21(13-9-19)32-27(35)23-6-4-5-7-24(23)31(28(32)36)18-26(34)30-20-10-14-22(37-2)15-11-20/h4-15H,3,16-18H2,1-2H3,(H,29,33)(H,30,34). The summed E-state index contributed by atoms with van der Waals surface area (Å²) in [4.78, 5) is 51.7. The molecule has 0 aliphatic heterocycles. The second-order valence-electron chi connectivity index (χ2n) is 8.50. The Hall–Kier alpha value is -4.66. The Labute approximate surface area is 213 Å². The number of carbonyl (C=O) groups is 2. The predicted octanol–water partition coefficient (Wildman–Crippen LogP) is 2.87. The summed E-state index contributed by atoms with van der Waals surface area (Å²) in [6, 6.07) is 20.2. The Balaban J connectivity index is 1.67. The Kier molecular flexibility index (Phi) is 7.83. The third-order valence-electron chi connectivity index (χ3n) is 5.86. The van der Waals surface area contributed by atoms with Crippen molar-refractivity contribution in [2.45, 2.75) is 26.3 Å². The first-order valence-electron chi connectivity index (χ1n) is 12.0. The van der Waals surface area contributed by atoms with Crippen LogP contribution in [0.2, 0.25) is 0 Å². The summed E-state index contributed by atoms with van der Waals surface area (Å²) in [6.07, 6.45) is 1.04. The molecule has 0 fully saturated rings. The number of nitrogens with zero attached hydrogens (tertiary/aromatic N) is 2. The van der Waals surface area contributed by atoms with Crippen LogP contribution >= 0.6 is 0 Å². The van der Waals surface area contributed by atoms with E-state index in [-0.39, 0.29) is 18.9 Å². The van der Waals surface area contributed by atoms with E-state index in [4.69, 9.17) is 4.74 Å². The van der Waals surface area contributed by atoms with Gasteiger partial charge in [0, 0.05) is 12.2 Å². The molecule has 2 amide bonds. The van der Waals surface area contributed by atoms with Crippen molar-refractivity contribution in [1.82, 2.24) is 14.5 Å². The molecule has 0 atom stereocenters. The summed E-state index contributed by atoms with van der Waals surface area (Å²) < 4.78 is 7.46. The number of fused-ring (bicyclic) bond motifs is 1. The molecule has 1 aromatic heterocycles. The minimum absolute atomic E-state index is 0.0947. The van der Waals surface area contributed by atoms with Gasteiger partial charge in [-0.3, -0.25) is 19.0 Å². The average Bonchev–Trinajstić information content (AvgIpc) is 2.91. The lowest BCUT2D eigenvalue weighted by atomic mass is 10.1. The van der Waals surface area contributed by atoms with Crippen LogP contribution < -0.4 is 26.6 Å². The minimum atomic E-state index is -0.637. The zero-order valence-electron chi connectivity index (χ0n) is 20.7. The lowest BCUT2D eigenvalue weighted by Crippen LogP contribution is -2.40. The van der Waals surface area contributed by atoms with Gasteiger partial charge in [-0.25, -0.2) is 9.36 Å². The predicted molar refractivity (Wildman–Crippen MR) is 142 cm³/mol. The van der Waals surface area contributed by atoms with E-state index >= 15 is 0 Å². The molecule has 9 nitrogen and oxygen atoms in total. The number of anilines is 1. The maximum atomic E-state index is 13.5. The van der Waals surface area contributed by atoms with E-state index in [9.17, 15) is 19.2 Å². The molecule has 0 radical (unpaired) electrons. The van der Waals surface area contributed by atoms with E-state index in [0.29, 0.717) is 34.6 Å². The molecule has 0 aliphatic carbocycles. The number of aromatic nitrogens is 2. The van der Waals surface area contributed by atoms with Gasteiger partial charge in [0.2, 0.25) is 11.8 Å². The number of para-hydroxylation sites is 1. The van der Waals surface area contributed by atoms with Gasteiger partial charge in [-0.1, -0.05) is 31.2 Å². The van der Waals surface area contributed by atoms with Crippen molar-refractivity contribution in [1.29, 1.82) is 0 Å². The van der Waals surface area contributed by atoms with E-state index in [2.05, 4.69) is 10.6 Å². The van der Waals surface area contributed by atoms with Crippen molar-refractivity contribution in [3.05, 3.63) is 99.2 Å². The SMILES string of the molecule is CCCNC(=O)Cc1ccc(-n2c(=O)c3ccccc3n(CC(=O)Nc3ccc(OC)cc3)c2=O)cc1. The summed E-state index contributed by atoms with van der Waals surface area (Å²) in [5.74, 6) is 0.138. The van der Waals surface area contributed by atoms with Crippen molar-refractivity contribution in [2.75, 3.05) is 19.0 Å². The van der Waals surface area contributed by atoms with Crippen LogP contribution in [0.4, 0.5) is 5.69 Å². The van der Waals surface area contributed by atoms with Gasteiger partial charge >= 0.3 is 5.69 Å². The molecule has 0 spiro atoms. The van der Waals surface area contributed by atoms with Crippen LogP contribution in [0.25, 0.3) is 16.6 Å². The molecule has 190 valence electrons. The third kappa shape index (κ3) is 5.78. The Morgan fingerprint density at radius 1 is 0.892 bits per heavy atom. The monoisotopic (exact) mass is 500 g/mol. The molecule has 0 saturated heterocycles. The fourth-order valence-corrected chi connectivity index (χ4v) is 4.00. The fraction of sp³-hybridized carbons (Fsp3) is 0.214. The Morgan fingerprint density at radius 2 is 1.59 bits per heavy atom. The first kappa shape index (κ1) is 25.4. The Bertz CT molecular complexity index is 1540. The largest absolute Gasteiger partial charge is 0.497 e. The molecule has 3 aromatic carbocycles. The number of ether oxygens (including phenoxy) is 1. The molecule has 4 rings (SSSR count). The van der Waals surface area contributed by atoms with Crippen molar-refractivity contribution in [2.24, 2.45) is 0 Å². The maximum Gasteiger partial charge on any atom is 0.336 e. The number of rotatable bonds is 9. The van der Waals surface area contributed by atoms with Crippen molar-refractivity contribution in [3.8, 4) is 11.4 Å². The topological polar surface area (TPSA) is 111 Å². The number of methoxy groups -OCH3 is 1. The maximum absolute atomic E-state index is 13.5. The first-order chi connectivity index (χ1) is 17.9. The summed E-state index contributed by atoms with van der Waals surface area (Å²) in [6.45, 7) is 2.29. The van der Waals surface area contributed by atoms with Crippen LogP contribution in [0.15, 0.2) is 82.4 Å². The second-order valence-corrected chi connectivity index (χ2v) is 8.50. The quantitative estimate of drug-likeness (QED) is 0.367. The molecular weight excluding hydrogens is 472 g/mol. The molecular formula is C28H28N4O5. The van der Waals surface area contributed by atoms with Crippen molar-refractivity contribution >= 4 is 28.4 Å². The first-order valence-corrected chi connectivity index (χ1v) is 12.0. The number of hydrogen-bond donors (Lipinski definition) is 2. The molecule has 2 N–H and O–H groups in total. The zero-order valence-corrected chi connectivity index (χ0v) is 20.7. The van der Waals surface area contributed by atoms with Crippen LogP contribution in [0.3, 0.4) is 0 Å². The van der Waals surface area contributed by atoms with Gasteiger partial charge in [0.1, 0.15) is 12.3 Å². The van der Waals surface area contributed by atoms with Gasteiger partial charge in [-0.05, 0) is 60.5 Å². The molecule has 37 heavy (non-hydrogen) atoms. The number of carbonyl (C=O) groups excluding carboxylic acids is 2. The molecule has 0 aliphatic rings. The number of nitrogens with one attached hydrogen (secondary N) is 2. The molecule has 9 heteroatoms. The van der Waals surface area contributed by atoms with Crippen LogP contribution in [0.5, 0.6) is 5.75 Å². The minimum Gasteiger partial charge on any atom is -0.497 e. The second kappa shape index (κ2) is 11.4. The van der Waals surface area contributed by atoms with Gasteiger partial charge in [-0.2, -0.15) is 0 Å². The molecule has 0 bridgehead atoms. The van der Waals surface area contributed by atoms with Gasteiger partial charge in [0.15, 0.2) is 0 Å². The smallest absolute Gasteiger partial charge is 0.336 e. The number of benzene rings is 3. The summed E-state index contributed by atoms with van der Waals surface area (Å²) >= 11 is 0. The zero-order chi connectivity index (χ0) is 26.4. The van der Waals surface area contributed by atoms with Crippen LogP contribution in [-0.2, 0) is 22.6 Å². The van der Waals surface area contributed by atoms with Crippen LogP contribution in [0, 0.1) is 0 Å². The highest BCUT2D eigenvalue weighted by atomic mass is 16.5.